The van der Waals surface area contributed by atoms with Crippen molar-refractivity contribution >= 4 is 11.6 Å². The molecule has 4 aliphatic carbocycles. The van der Waals surface area contributed by atoms with E-state index in [2.05, 4.69) is 25.1 Å². The van der Waals surface area contributed by atoms with Gasteiger partial charge in [-0.2, -0.15) is 5.10 Å². The van der Waals surface area contributed by atoms with E-state index >= 15 is 0 Å². The molecular weight excluding hydrogens is 352 g/mol. The lowest BCUT2D eigenvalue weighted by atomic mass is 9.50. The predicted molar refractivity (Wildman–Crippen MR) is 103 cm³/mol. The van der Waals surface area contributed by atoms with Crippen LogP contribution in [0.5, 0.6) is 0 Å². The zero-order valence-electron chi connectivity index (χ0n) is 16.0. The van der Waals surface area contributed by atoms with Gasteiger partial charge in [0.2, 0.25) is 0 Å². The molecule has 3 aromatic rings. The Kier molecular flexibility index (Phi) is 3.15. The molecule has 4 aliphatic rings. The summed E-state index contributed by atoms with van der Waals surface area (Å²) >= 11 is 0. The van der Waals surface area contributed by atoms with Gasteiger partial charge in [-0.25, -0.2) is 14.6 Å². The van der Waals surface area contributed by atoms with Crippen LogP contribution in [0.1, 0.15) is 54.6 Å². The number of aromatic nitrogens is 5. The molecule has 4 saturated carbocycles. The predicted octanol–water partition coefficient (Wildman–Crippen LogP) is 2.71. The van der Waals surface area contributed by atoms with Crippen molar-refractivity contribution in [3.63, 3.8) is 0 Å². The van der Waals surface area contributed by atoms with Crippen LogP contribution in [-0.2, 0) is 5.54 Å². The molecule has 0 saturated heterocycles. The summed E-state index contributed by atoms with van der Waals surface area (Å²) < 4.78 is 3.98. The van der Waals surface area contributed by atoms with E-state index in [1.165, 1.54) is 6.42 Å². The number of hydrogen-bond donors (Lipinski definition) is 1. The molecule has 144 valence electrons. The second kappa shape index (κ2) is 5.43. The van der Waals surface area contributed by atoms with Gasteiger partial charge in [-0.3, -0.25) is 4.79 Å². The third kappa shape index (κ3) is 2.34. The first kappa shape index (κ1) is 16.3. The Labute approximate surface area is 163 Å². The van der Waals surface area contributed by atoms with E-state index in [0.29, 0.717) is 17.5 Å². The molecule has 1 N–H and O–H groups in total. The second-order valence-corrected chi connectivity index (χ2v) is 9.36. The van der Waals surface area contributed by atoms with Gasteiger partial charge in [0.15, 0.2) is 0 Å². The fraction of sp³-hybridized carbons (Fsp3) is 0.524. The van der Waals surface area contributed by atoms with Crippen LogP contribution in [0, 0.1) is 18.8 Å². The topological polar surface area (TPSA) is 77.1 Å². The molecule has 4 fully saturated rings. The van der Waals surface area contributed by atoms with Crippen molar-refractivity contribution in [1.29, 1.82) is 0 Å². The maximum atomic E-state index is 13.2. The lowest BCUT2D eigenvalue weighted by Crippen LogP contribution is -2.65. The monoisotopic (exact) mass is 376 g/mol. The molecule has 3 aromatic heterocycles. The van der Waals surface area contributed by atoms with Gasteiger partial charge in [0.05, 0.1) is 5.54 Å². The van der Waals surface area contributed by atoms with Crippen LogP contribution < -0.4 is 5.32 Å². The van der Waals surface area contributed by atoms with Crippen molar-refractivity contribution in [3.8, 4) is 0 Å². The summed E-state index contributed by atoms with van der Waals surface area (Å²) in [5, 5.41) is 7.92. The molecule has 0 spiro atoms. The highest BCUT2D eigenvalue weighted by atomic mass is 16.2. The molecule has 1 amide bonds. The first-order valence-corrected chi connectivity index (χ1v) is 10.2. The third-order valence-corrected chi connectivity index (χ3v) is 7.16. The molecule has 0 aromatic carbocycles. The Balaban J connectivity index is 1.32. The quantitative estimate of drug-likeness (QED) is 0.762. The van der Waals surface area contributed by atoms with Crippen molar-refractivity contribution in [2.45, 2.75) is 56.5 Å². The van der Waals surface area contributed by atoms with E-state index in [1.807, 2.05) is 42.2 Å². The van der Waals surface area contributed by atoms with Gasteiger partial charge in [-0.1, -0.05) is 0 Å². The van der Waals surface area contributed by atoms with Gasteiger partial charge in [-0.15, -0.1) is 0 Å². The van der Waals surface area contributed by atoms with Crippen LogP contribution in [0.15, 0.2) is 37.2 Å². The number of amides is 1. The third-order valence-electron chi connectivity index (χ3n) is 7.16. The lowest BCUT2D eigenvalue weighted by Gasteiger charge is -2.61. The van der Waals surface area contributed by atoms with Crippen LogP contribution >= 0.6 is 0 Å². The highest BCUT2D eigenvalue weighted by Gasteiger charge is 2.59. The van der Waals surface area contributed by atoms with Crippen molar-refractivity contribution in [1.82, 2.24) is 29.5 Å². The fourth-order valence-electron chi connectivity index (χ4n) is 6.58. The summed E-state index contributed by atoms with van der Waals surface area (Å²) in [4.78, 5) is 21.9. The molecule has 28 heavy (non-hydrogen) atoms. The van der Waals surface area contributed by atoms with E-state index in [4.69, 9.17) is 0 Å². The van der Waals surface area contributed by atoms with Crippen LogP contribution in [-0.4, -0.2) is 35.6 Å². The first-order chi connectivity index (χ1) is 13.5. The number of carbonyl (C=O) groups is 1. The fourth-order valence-corrected chi connectivity index (χ4v) is 6.58. The Morgan fingerprint density at radius 2 is 2.07 bits per heavy atom. The first-order valence-electron chi connectivity index (χ1n) is 10.2. The van der Waals surface area contributed by atoms with Gasteiger partial charge in [0, 0.05) is 17.9 Å². The normalized spacial score (nSPS) is 33.5. The maximum Gasteiger partial charge on any atom is 0.271 e. The molecule has 0 aliphatic heterocycles. The van der Waals surface area contributed by atoms with Gasteiger partial charge in [-0.05, 0) is 75.0 Å². The molecule has 7 rings (SSSR count). The molecule has 7 heteroatoms. The minimum atomic E-state index is -0.154. The Morgan fingerprint density at radius 3 is 2.82 bits per heavy atom. The van der Waals surface area contributed by atoms with Crippen LogP contribution in [0.4, 0.5) is 0 Å². The number of aryl methyl sites for hydroxylation is 1. The standard InChI is InChI=1S/C21H24N6O/c1-14-2-3-26-10-17(24-18(26)4-14)19(28)25-20-6-15-5-16(7-20)9-21(8-15,11-20)27-13-22-12-23-27/h2-4,10,12-13,15-16H,5-9,11H2,1H3,(H,25,28). The van der Waals surface area contributed by atoms with E-state index in [1.54, 1.807) is 6.33 Å². The lowest BCUT2D eigenvalue weighted by molar-refractivity contribution is -0.0744. The second-order valence-electron chi connectivity index (χ2n) is 9.36. The summed E-state index contributed by atoms with van der Waals surface area (Å²) in [6.07, 6.45) is 13.9. The Hall–Kier alpha value is -2.70. The number of fused-ring (bicyclic) bond motifs is 1. The number of rotatable bonds is 3. The van der Waals surface area contributed by atoms with Gasteiger partial charge in [0.1, 0.15) is 24.0 Å². The van der Waals surface area contributed by atoms with Crippen molar-refractivity contribution in [3.05, 3.63) is 48.4 Å². The smallest absolute Gasteiger partial charge is 0.271 e. The van der Waals surface area contributed by atoms with E-state index in [9.17, 15) is 4.79 Å². The average molecular weight is 376 g/mol. The number of pyridine rings is 1. The SMILES string of the molecule is Cc1ccn2cc(C(=O)NC34CC5CC(C3)CC(n3cncn3)(C5)C4)nc2c1. The van der Waals surface area contributed by atoms with E-state index in [0.717, 1.165) is 43.3 Å². The molecule has 2 atom stereocenters. The van der Waals surface area contributed by atoms with Crippen LogP contribution in [0.2, 0.25) is 0 Å². The van der Waals surface area contributed by atoms with Gasteiger partial charge < -0.3 is 9.72 Å². The summed E-state index contributed by atoms with van der Waals surface area (Å²) in [6.45, 7) is 2.04. The summed E-state index contributed by atoms with van der Waals surface area (Å²) in [5.41, 5.74) is 2.30. The minimum absolute atomic E-state index is 0.00386. The Morgan fingerprint density at radius 1 is 1.25 bits per heavy atom. The number of imidazole rings is 1. The number of nitrogens with zero attached hydrogens (tertiary/aromatic N) is 5. The Bertz CT molecular complexity index is 1050. The minimum Gasteiger partial charge on any atom is -0.345 e. The molecule has 2 unspecified atom stereocenters. The molecule has 0 radical (unpaired) electrons. The molecular formula is C21H24N6O. The number of carbonyl (C=O) groups excluding carboxylic acids is 1. The molecule has 3 heterocycles. The zero-order chi connectivity index (χ0) is 18.9. The summed E-state index contributed by atoms with van der Waals surface area (Å²) in [5.74, 6) is 1.24. The number of hydrogen-bond acceptors (Lipinski definition) is 4. The van der Waals surface area contributed by atoms with Crippen LogP contribution in [0.3, 0.4) is 0 Å². The maximum absolute atomic E-state index is 13.2. The largest absolute Gasteiger partial charge is 0.345 e. The van der Waals surface area contributed by atoms with E-state index in [-0.39, 0.29) is 17.0 Å². The zero-order valence-corrected chi connectivity index (χ0v) is 16.0. The van der Waals surface area contributed by atoms with Crippen molar-refractivity contribution < 1.29 is 4.79 Å². The molecule has 4 bridgehead atoms. The highest BCUT2D eigenvalue weighted by molar-refractivity contribution is 5.93. The van der Waals surface area contributed by atoms with Gasteiger partial charge >= 0.3 is 0 Å². The summed E-state index contributed by atoms with van der Waals surface area (Å²) in [7, 11) is 0. The summed E-state index contributed by atoms with van der Waals surface area (Å²) in [6, 6.07) is 4.03. The molecule has 7 nitrogen and oxygen atoms in total. The van der Waals surface area contributed by atoms with Crippen molar-refractivity contribution in [2.24, 2.45) is 11.8 Å². The van der Waals surface area contributed by atoms with E-state index < -0.39 is 0 Å². The van der Waals surface area contributed by atoms with Crippen molar-refractivity contribution in [2.75, 3.05) is 0 Å². The average Bonchev–Trinajstić information content (AvgIpc) is 3.30. The van der Waals surface area contributed by atoms with Crippen LogP contribution in [0.25, 0.3) is 5.65 Å². The highest BCUT2D eigenvalue weighted by Crippen LogP contribution is 2.60. The van der Waals surface area contributed by atoms with Gasteiger partial charge in [0.25, 0.3) is 5.91 Å². The number of nitrogens with one attached hydrogen (secondary N) is 1.